The first-order chi connectivity index (χ1) is 11.1. The van der Waals surface area contributed by atoms with Crippen LogP contribution >= 0.6 is 27.7 Å². The van der Waals surface area contributed by atoms with Crippen LogP contribution in [0.15, 0.2) is 44.3 Å². The fourth-order valence-electron chi connectivity index (χ4n) is 1.73. The summed E-state index contributed by atoms with van der Waals surface area (Å²) < 4.78 is 11.4. The summed E-state index contributed by atoms with van der Waals surface area (Å²) in [4.78, 5) is 11.7. The van der Waals surface area contributed by atoms with Gasteiger partial charge >= 0.3 is 0 Å². The molecule has 0 saturated heterocycles. The fraction of sp³-hybridized carbons (Fsp3) is 0.250. The molecule has 1 amide bonds. The molecule has 23 heavy (non-hydrogen) atoms. The lowest BCUT2D eigenvalue weighted by Gasteiger charge is -2.03. The number of rotatable bonds is 7. The van der Waals surface area contributed by atoms with Gasteiger partial charge in [-0.3, -0.25) is 4.79 Å². The van der Waals surface area contributed by atoms with Crippen LogP contribution in [-0.4, -0.2) is 25.0 Å². The molecule has 0 fully saturated rings. The van der Waals surface area contributed by atoms with Crippen LogP contribution in [0.4, 0.5) is 0 Å². The number of hydrogen-bond acceptors (Lipinski definition) is 5. The minimum absolute atomic E-state index is 0.151. The van der Waals surface area contributed by atoms with E-state index in [0.717, 1.165) is 27.3 Å². The topological polar surface area (TPSA) is 63.8 Å². The molecular formula is C16H17BrN2O3S. The maximum atomic E-state index is 11.7. The molecule has 2 aromatic rings. The van der Waals surface area contributed by atoms with Gasteiger partial charge in [-0.25, -0.2) is 5.43 Å². The summed E-state index contributed by atoms with van der Waals surface area (Å²) in [5.41, 5.74) is 3.62. The summed E-state index contributed by atoms with van der Waals surface area (Å²) >= 11 is 4.87. The van der Waals surface area contributed by atoms with E-state index in [1.165, 1.54) is 18.0 Å². The van der Waals surface area contributed by atoms with Crippen molar-refractivity contribution in [2.24, 2.45) is 5.10 Å². The Morgan fingerprint density at radius 3 is 2.78 bits per heavy atom. The normalized spacial score (nSPS) is 10.9. The highest BCUT2D eigenvalue weighted by molar-refractivity contribution is 9.10. The van der Waals surface area contributed by atoms with Gasteiger partial charge in [-0.15, -0.1) is 11.8 Å². The molecule has 5 nitrogen and oxygen atoms in total. The highest BCUT2D eigenvalue weighted by Crippen LogP contribution is 2.19. The van der Waals surface area contributed by atoms with Gasteiger partial charge in [0.25, 0.3) is 0 Å². The van der Waals surface area contributed by atoms with Crippen molar-refractivity contribution in [1.82, 2.24) is 5.43 Å². The lowest BCUT2D eigenvalue weighted by Crippen LogP contribution is -2.19. The third-order valence-corrected chi connectivity index (χ3v) is 4.71. The molecule has 0 unspecified atom stereocenters. The van der Waals surface area contributed by atoms with Crippen LogP contribution in [0.25, 0.3) is 0 Å². The zero-order chi connectivity index (χ0) is 16.7. The number of halogens is 1. The fourth-order valence-corrected chi connectivity index (χ4v) is 2.82. The van der Waals surface area contributed by atoms with E-state index in [0.29, 0.717) is 11.5 Å². The van der Waals surface area contributed by atoms with Gasteiger partial charge in [0.15, 0.2) is 0 Å². The summed E-state index contributed by atoms with van der Waals surface area (Å²) in [7, 11) is 1.64. The van der Waals surface area contributed by atoms with E-state index in [2.05, 4.69) is 26.5 Å². The van der Waals surface area contributed by atoms with Crippen LogP contribution < -0.4 is 10.2 Å². The second-order valence-electron chi connectivity index (χ2n) is 4.69. The third-order valence-electron chi connectivity index (χ3n) is 2.92. The van der Waals surface area contributed by atoms with Crippen molar-refractivity contribution >= 4 is 39.8 Å². The number of amides is 1. The number of carbonyl (C=O) groups is 1. The van der Waals surface area contributed by atoms with Gasteiger partial charge in [0.2, 0.25) is 5.91 Å². The first kappa shape index (κ1) is 17.6. The monoisotopic (exact) mass is 396 g/mol. The standard InChI is InChI=1S/C16H17BrN2O3S/c1-11-15(17)7-14(22-11)8-18-19-16(20)10-23-9-12-3-5-13(21-2)6-4-12/h3-8H,9-10H2,1-2H3,(H,19,20)/b18-8+. The molecule has 2 rings (SSSR count). The minimum Gasteiger partial charge on any atom is -0.497 e. The molecule has 1 aromatic carbocycles. The molecule has 0 saturated carbocycles. The smallest absolute Gasteiger partial charge is 0.250 e. The quantitative estimate of drug-likeness (QED) is 0.571. The van der Waals surface area contributed by atoms with Gasteiger partial charge < -0.3 is 9.15 Å². The lowest BCUT2D eigenvalue weighted by molar-refractivity contribution is -0.118. The maximum absolute atomic E-state index is 11.7. The number of ether oxygens (including phenoxy) is 1. The molecule has 1 aromatic heterocycles. The van der Waals surface area contributed by atoms with Crippen LogP contribution in [0, 0.1) is 6.92 Å². The molecule has 1 N–H and O–H groups in total. The number of methoxy groups -OCH3 is 1. The third kappa shape index (κ3) is 5.76. The van der Waals surface area contributed by atoms with Crippen molar-refractivity contribution in [3.8, 4) is 5.75 Å². The summed E-state index contributed by atoms with van der Waals surface area (Å²) in [5.74, 6) is 3.12. The summed E-state index contributed by atoms with van der Waals surface area (Å²) in [6, 6.07) is 9.58. The van der Waals surface area contributed by atoms with Crippen LogP contribution in [0.2, 0.25) is 0 Å². The number of benzene rings is 1. The second-order valence-corrected chi connectivity index (χ2v) is 6.53. The van der Waals surface area contributed by atoms with Crippen LogP contribution in [0.1, 0.15) is 17.1 Å². The average molecular weight is 397 g/mol. The van der Waals surface area contributed by atoms with Gasteiger partial charge in [-0.05, 0) is 40.5 Å². The number of nitrogens with one attached hydrogen (secondary N) is 1. The molecule has 0 atom stereocenters. The van der Waals surface area contributed by atoms with Crippen LogP contribution in [0.5, 0.6) is 5.75 Å². The Hall–Kier alpha value is -1.73. The number of hydrazone groups is 1. The minimum atomic E-state index is -0.151. The largest absolute Gasteiger partial charge is 0.497 e. The summed E-state index contributed by atoms with van der Waals surface area (Å²) in [6.07, 6.45) is 1.48. The van der Waals surface area contributed by atoms with E-state index in [1.807, 2.05) is 31.2 Å². The summed E-state index contributed by atoms with van der Waals surface area (Å²) in [5, 5.41) is 3.88. The number of carbonyl (C=O) groups excluding carboxylic acids is 1. The second kappa shape index (κ2) is 8.79. The number of nitrogens with zero attached hydrogens (tertiary/aromatic N) is 1. The first-order valence-electron chi connectivity index (χ1n) is 6.87. The van der Waals surface area contributed by atoms with Crippen molar-refractivity contribution in [3.05, 3.63) is 51.9 Å². The van der Waals surface area contributed by atoms with Crippen molar-refractivity contribution < 1.29 is 13.9 Å². The number of hydrogen-bond donors (Lipinski definition) is 1. The maximum Gasteiger partial charge on any atom is 0.250 e. The summed E-state index contributed by atoms with van der Waals surface area (Å²) in [6.45, 7) is 1.84. The molecule has 0 radical (unpaired) electrons. The first-order valence-corrected chi connectivity index (χ1v) is 8.82. The lowest BCUT2D eigenvalue weighted by atomic mass is 10.2. The Morgan fingerprint density at radius 2 is 2.17 bits per heavy atom. The van der Waals surface area contributed by atoms with Gasteiger partial charge in [-0.2, -0.15) is 5.10 Å². The van der Waals surface area contributed by atoms with Gasteiger partial charge in [0.1, 0.15) is 17.3 Å². The zero-order valence-corrected chi connectivity index (χ0v) is 15.2. The van der Waals surface area contributed by atoms with E-state index in [1.54, 1.807) is 13.2 Å². The van der Waals surface area contributed by atoms with E-state index in [9.17, 15) is 4.79 Å². The van der Waals surface area contributed by atoms with Crippen LogP contribution in [-0.2, 0) is 10.5 Å². The molecule has 7 heteroatoms. The SMILES string of the molecule is COc1ccc(CSCC(=O)N/N=C/c2cc(Br)c(C)o2)cc1. The molecule has 0 aliphatic heterocycles. The predicted octanol–water partition coefficient (Wildman–Crippen LogP) is 3.74. The molecule has 1 heterocycles. The van der Waals surface area contributed by atoms with Crippen molar-refractivity contribution in [1.29, 1.82) is 0 Å². The van der Waals surface area contributed by atoms with Crippen molar-refractivity contribution in [2.75, 3.05) is 12.9 Å². The Kier molecular flexibility index (Phi) is 6.73. The molecular weight excluding hydrogens is 380 g/mol. The van der Waals surface area contributed by atoms with Crippen molar-refractivity contribution in [3.63, 3.8) is 0 Å². The van der Waals surface area contributed by atoms with Crippen LogP contribution in [0.3, 0.4) is 0 Å². The van der Waals surface area contributed by atoms with Gasteiger partial charge in [0.05, 0.1) is 23.5 Å². The molecule has 0 aliphatic rings. The van der Waals surface area contributed by atoms with E-state index >= 15 is 0 Å². The number of furan rings is 1. The number of aryl methyl sites for hydroxylation is 1. The molecule has 0 aliphatic carbocycles. The van der Waals surface area contributed by atoms with E-state index in [-0.39, 0.29) is 5.91 Å². The Labute approximate surface area is 147 Å². The highest BCUT2D eigenvalue weighted by Gasteiger charge is 2.03. The molecule has 0 bridgehead atoms. The predicted molar refractivity (Wildman–Crippen MR) is 96.0 cm³/mol. The Bertz CT molecular complexity index is 664. The Balaban J connectivity index is 1.70. The molecule has 0 spiro atoms. The molecule has 122 valence electrons. The highest BCUT2D eigenvalue weighted by atomic mass is 79.9. The average Bonchev–Trinajstić information content (AvgIpc) is 2.86. The van der Waals surface area contributed by atoms with E-state index in [4.69, 9.17) is 9.15 Å². The number of thioether (sulfide) groups is 1. The zero-order valence-electron chi connectivity index (χ0n) is 12.8. The van der Waals surface area contributed by atoms with Gasteiger partial charge in [-0.1, -0.05) is 12.1 Å². The van der Waals surface area contributed by atoms with E-state index < -0.39 is 0 Å². The van der Waals surface area contributed by atoms with Crippen molar-refractivity contribution in [2.45, 2.75) is 12.7 Å². The Morgan fingerprint density at radius 1 is 1.43 bits per heavy atom. The van der Waals surface area contributed by atoms with Gasteiger partial charge in [0, 0.05) is 11.8 Å².